The first kappa shape index (κ1) is 40.5. The summed E-state index contributed by atoms with van der Waals surface area (Å²) in [5.74, 6) is -3.75. The maximum absolute atomic E-state index is 13.9. The summed E-state index contributed by atoms with van der Waals surface area (Å²) < 4.78 is 43.4. The first-order valence-corrected chi connectivity index (χ1v) is 18.1. The Morgan fingerprint density at radius 3 is 2.02 bits per heavy atom. The lowest BCUT2D eigenvalue weighted by Crippen LogP contribution is -2.57. The number of ketones is 1. The van der Waals surface area contributed by atoms with Gasteiger partial charge in [0.05, 0.1) is 55.3 Å². The smallest absolute Gasteiger partial charge is 0.311 e. The number of rotatable bonds is 6. The van der Waals surface area contributed by atoms with Gasteiger partial charge < -0.3 is 53.4 Å². The molecule has 4 aliphatic rings. The summed E-state index contributed by atoms with van der Waals surface area (Å²) in [5, 5.41) is 33.5. The van der Waals surface area contributed by atoms with Gasteiger partial charge in [-0.3, -0.25) is 9.59 Å². The lowest BCUT2D eigenvalue weighted by molar-refractivity contribution is -0.289. The molecule has 1 spiro atoms. The van der Waals surface area contributed by atoms with E-state index in [1.807, 2.05) is 46.7 Å². The molecule has 0 bridgehead atoms. The third kappa shape index (κ3) is 9.22. The number of Topliss-reactive ketones (excluding diaryl/α,β-unsaturated/α-hetero) is 1. The lowest BCUT2D eigenvalue weighted by atomic mass is 9.76. The summed E-state index contributed by atoms with van der Waals surface area (Å²) in [4.78, 5) is 29.8. The van der Waals surface area contributed by atoms with E-state index in [1.165, 1.54) is 7.11 Å². The Balaban J connectivity index is 1.76. The van der Waals surface area contributed by atoms with Crippen molar-refractivity contribution >= 4 is 11.8 Å². The van der Waals surface area contributed by atoms with Crippen LogP contribution in [0.1, 0.15) is 81.1 Å². The van der Waals surface area contributed by atoms with E-state index in [1.54, 1.807) is 27.7 Å². The minimum absolute atomic E-state index is 0.199. The fourth-order valence-corrected chi connectivity index (χ4v) is 8.11. The number of nitrogens with zero attached hydrogens (tertiary/aromatic N) is 1. The molecule has 0 saturated carbocycles. The van der Waals surface area contributed by atoms with Crippen molar-refractivity contribution in [3.05, 3.63) is 0 Å². The molecule has 4 fully saturated rings. The van der Waals surface area contributed by atoms with Gasteiger partial charge in [-0.05, 0) is 60.5 Å². The molecule has 0 aliphatic carbocycles. The van der Waals surface area contributed by atoms with Crippen LogP contribution in [0.25, 0.3) is 0 Å². The number of aliphatic hydroxyl groups is 3. The quantitative estimate of drug-likeness (QED) is 0.273. The highest BCUT2D eigenvalue weighted by Gasteiger charge is 2.57. The highest BCUT2D eigenvalue weighted by Crippen LogP contribution is 2.43. The standard InChI is InChI=1S/C36H63NO12/c1-17-15-36(16-44-36)33(41)21(5)29(39)20(4)24(8)47-34(42)23(7)32(48-28-14-27(43-11)26(38)13-19(3)45-28)22(6)31(17)49-35-30(40)25(37(9)10)12-18(2)46-35/h17-32,35,38-40H,12-16H2,1-11H3/t17-,18+,19?,20-,21+,22+,23+,24+,25-,26+,27+,28+,29-,30?,31-,32-,35-,36+/m0/s1. The van der Waals surface area contributed by atoms with Crippen LogP contribution in [0.2, 0.25) is 0 Å². The van der Waals surface area contributed by atoms with Crippen molar-refractivity contribution in [1.82, 2.24) is 4.90 Å². The zero-order valence-corrected chi connectivity index (χ0v) is 31.3. The number of ether oxygens (including phenoxy) is 7. The average Bonchev–Trinajstić information content (AvgIpc) is 3.84. The molecular formula is C36H63NO12. The van der Waals surface area contributed by atoms with Crippen molar-refractivity contribution < 1.29 is 58.1 Å². The van der Waals surface area contributed by atoms with Gasteiger partial charge in [-0.15, -0.1) is 0 Å². The number of hydrogen-bond donors (Lipinski definition) is 3. The van der Waals surface area contributed by atoms with E-state index in [0.717, 1.165) is 0 Å². The van der Waals surface area contributed by atoms with Gasteiger partial charge in [0, 0.05) is 43.7 Å². The Kier molecular flexibility index (Phi) is 13.7. The third-order valence-corrected chi connectivity index (χ3v) is 11.6. The van der Waals surface area contributed by atoms with E-state index < -0.39 is 90.5 Å². The monoisotopic (exact) mass is 701 g/mol. The van der Waals surface area contributed by atoms with Crippen molar-refractivity contribution in [2.45, 2.75) is 160 Å². The van der Waals surface area contributed by atoms with E-state index in [9.17, 15) is 24.9 Å². The zero-order chi connectivity index (χ0) is 36.5. The SMILES string of the molecule is CO[C@@H]1C[C@@H](O[C@H]2[C@H](C)[C@@H](O[C@@H]3O[C@H](C)C[C@H](N(C)C)C3O)[C@@H](C)C[C@@]3(CO3)C(=O)[C@H](C)[C@@H](O)[C@@H](C)[C@@H](C)OC(=O)[C@@H]2C)OC(C)C[C@H]1O. The summed E-state index contributed by atoms with van der Waals surface area (Å²) in [6.07, 6.45) is -6.49. The predicted octanol–water partition coefficient (Wildman–Crippen LogP) is 2.30. The van der Waals surface area contributed by atoms with Gasteiger partial charge in [0.15, 0.2) is 24.0 Å². The molecule has 3 N–H and O–H groups in total. The van der Waals surface area contributed by atoms with E-state index in [-0.39, 0.29) is 49.4 Å². The Hall–Kier alpha value is -1.26. The van der Waals surface area contributed by atoms with E-state index in [4.69, 9.17) is 33.2 Å². The molecule has 0 aromatic carbocycles. The summed E-state index contributed by atoms with van der Waals surface area (Å²) in [6, 6.07) is -0.220. The molecule has 13 heteroatoms. The molecule has 18 atom stereocenters. The van der Waals surface area contributed by atoms with Gasteiger partial charge in [0.25, 0.3) is 0 Å². The second kappa shape index (κ2) is 16.6. The zero-order valence-electron chi connectivity index (χ0n) is 31.3. The van der Waals surface area contributed by atoms with Gasteiger partial charge in [-0.25, -0.2) is 0 Å². The normalized spacial score (nSPS) is 49.3. The van der Waals surface area contributed by atoms with Gasteiger partial charge in [-0.1, -0.05) is 27.7 Å². The maximum atomic E-state index is 13.9. The number of carbonyl (C=O) groups is 2. The average molecular weight is 702 g/mol. The van der Waals surface area contributed by atoms with Crippen LogP contribution in [-0.4, -0.2) is 139 Å². The first-order chi connectivity index (χ1) is 22.9. The Morgan fingerprint density at radius 1 is 0.796 bits per heavy atom. The number of aliphatic hydroxyl groups excluding tert-OH is 3. The molecule has 0 amide bonds. The van der Waals surface area contributed by atoms with Gasteiger partial charge in [0.1, 0.15) is 12.2 Å². The second-order valence-corrected chi connectivity index (χ2v) is 15.7. The van der Waals surface area contributed by atoms with Crippen molar-refractivity contribution in [3.63, 3.8) is 0 Å². The second-order valence-electron chi connectivity index (χ2n) is 15.7. The largest absolute Gasteiger partial charge is 0.462 e. The number of methoxy groups -OCH3 is 1. The molecule has 0 radical (unpaired) electrons. The summed E-state index contributed by atoms with van der Waals surface area (Å²) >= 11 is 0. The third-order valence-electron chi connectivity index (χ3n) is 11.6. The number of epoxide rings is 1. The Labute approximate surface area is 292 Å². The van der Waals surface area contributed by atoms with Crippen molar-refractivity contribution in [2.75, 3.05) is 27.8 Å². The number of likely N-dealkylation sites (N-methyl/N-ethyl adjacent to an activating group) is 1. The number of carbonyl (C=O) groups excluding carboxylic acids is 2. The molecule has 0 aromatic heterocycles. The van der Waals surface area contributed by atoms with Crippen molar-refractivity contribution in [1.29, 1.82) is 0 Å². The van der Waals surface area contributed by atoms with Crippen LogP contribution >= 0.6 is 0 Å². The molecule has 4 heterocycles. The van der Waals surface area contributed by atoms with E-state index in [2.05, 4.69) is 0 Å². The predicted molar refractivity (Wildman–Crippen MR) is 178 cm³/mol. The molecule has 13 nitrogen and oxygen atoms in total. The van der Waals surface area contributed by atoms with Crippen molar-refractivity contribution in [2.24, 2.45) is 29.6 Å². The fourth-order valence-electron chi connectivity index (χ4n) is 8.11. The van der Waals surface area contributed by atoms with E-state index >= 15 is 0 Å². The summed E-state index contributed by atoms with van der Waals surface area (Å²) in [5.41, 5.74) is -1.10. The first-order valence-electron chi connectivity index (χ1n) is 18.1. The summed E-state index contributed by atoms with van der Waals surface area (Å²) in [7, 11) is 5.34. The highest BCUT2D eigenvalue weighted by atomic mass is 16.7. The summed E-state index contributed by atoms with van der Waals surface area (Å²) in [6.45, 7) is 14.8. The Morgan fingerprint density at radius 2 is 1.43 bits per heavy atom. The molecule has 49 heavy (non-hydrogen) atoms. The number of hydrogen-bond acceptors (Lipinski definition) is 13. The van der Waals surface area contributed by atoms with Gasteiger partial charge >= 0.3 is 5.97 Å². The van der Waals surface area contributed by atoms with Gasteiger partial charge in [0.2, 0.25) is 0 Å². The number of esters is 1. The van der Waals surface area contributed by atoms with Crippen LogP contribution in [0.4, 0.5) is 0 Å². The van der Waals surface area contributed by atoms with Crippen LogP contribution in [0, 0.1) is 29.6 Å². The molecule has 2 unspecified atom stereocenters. The number of cyclic esters (lactones) is 1. The van der Waals surface area contributed by atoms with Gasteiger partial charge in [-0.2, -0.15) is 0 Å². The minimum Gasteiger partial charge on any atom is -0.462 e. The fraction of sp³-hybridized carbons (Fsp3) is 0.944. The van der Waals surface area contributed by atoms with Crippen LogP contribution in [0.5, 0.6) is 0 Å². The molecule has 4 rings (SSSR count). The highest BCUT2D eigenvalue weighted by molar-refractivity contribution is 5.92. The van der Waals surface area contributed by atoms with Crippen LogP contribution < -0.4 is 0 Å². The van der Waals surface area contributed by atoms with Crippen LogP contribution in [0.15, 0.2) is 0 Å². The molecular weight excluding hydrogens is 638 g/mol. The van der Waals surface area contributed by atoms with Crippen LogP contribution in [-0.2, 0) is 42.7 Å². The molecule has 4 saturated heterocycles. The molecule has 0 aromatic rings. The van der Waals surface area contributed by atoms with Crippen LogP contribution in [0.3, 0.4) is 0 Å². The molecule has 4 aliphatic heterocycles. The molecule has 284 valence electrons. The maximum Gasteiger partial charge on any atom is 0.311 e. The minimum atomic E-state index is -1.10. The topological polar surface area (TPSA) is 166 Å². The van der Waals surface area contributed by atoms with Crippen molar-refractivity contribution in [3.8, 4) is 0 Å². The lowest BCUT2D eigenvalue weighted by Gasteiger charge is -2.45. The Bertz CT molecular complexity index is 1100. The van der Waals surface area contributed by atoms with E-state index in [0.29, 0.717) is 12.8 Å².